The number of hydrogen-bond acceptors (Lipinski definition) is 3. The second-order valence-electron chi connectivity index (χ2n) is 4.76. The Morgan fingerprint density at radius 1 is 1.26 bits per heavy atom. The van der Waals surface area contributed by atoms with Crippen molar-refractivity contribution in [2.75, 3.05) is 5.75 Å². The molecule has 0 aliphatic heterocycles. The first kappa shape index (κ1) is 17.5. The number of amides is 1. The number of benzene rings is 2. The third-order valence-electron chi connectivity index (χ3n) is 3.05. The van der Waals surface area contributed by atoms with Gasteiger partial charge in [0.1, 0.15) is 5.82 Å². The van der Waals surface area contributed by atoms with Gasteiger partial charge in [0.05, 0.1) is 16.1 Å². The van der Waals surface area contributed by atoms with Crippen molar-refractivity contribution < 1.29 is 9.18 Å². The summed E-state index contributed by atoms with van der Waals surface area (Å²) in [6.45, 7) is 0.310. The number of nitriles is 1. The highest BCUT2D eigenvalue weighted by molar-refractivity contribution is 9.10. The van der Waals surface area contributed by atoms with Crippen molar-refractivity contribution in [1.29, 1.82) is 5.26 Å². The Labute approximate surface area is 147 Å². The fraction of sp³-hybridized carbons (Fsp3) is 0.176. The Kier molecular flexibility index (Phi) is 6.63. The van der Waals surface area contributed by atoms with E-state index in [9.17, 15) is 9.18 Å². The van der Waals surface area contributed by atoms with E-state index in [0.29, 0.717) is 28.8 Å². The minimum Gasteiger partial charge on any atom is -0.352 e. The van der Waals surface area contributed by atoms with Crippen molar-refractivity contribution in [3.63, 3.8) is 0 Å². The second kappa shape index (κ2) is 8.70. The molecule has 2 aromatic rings. The van der Waals surface area contributed by atoms with Gasteiger partial charge >= 0.3 is 0 Å². The zero-order valence-electron chi connectivity index (χ0n) is 12.2. The topological polar surface area (TPSA) is 52.9 Å². The molecule has 0 aliphatic rings. The third kappa shape index (κ3) is 5.70. The molecule has 0 heterocycles. The predicted octanol–water partition coefficient (Wildman–Crippen LogP) is 4.26. The molecule has 2 aromatic carbocycles. The smallest absolute Gasteiger partial charge is 0.221 e. The molecule has 0 fully saturated rings. The number of rotatable bonds is 6. The molecule has 0 unspecified atom stereocenters. The minimum atomic E-state index is -0.340. The first-order chi connectivity index (χ1) is 11.1. The van der Waals surface area contributed by atoms with Crippen LogP contribution in [0.3, 0.4) is 0 Å². The molecule has 23 heavy (non-hydrogen) atoms. The van der Waals surface area contributed by atoms with Crippen LogP contribution in [-0.2, 0) is 11.3 Å². The van der Waals surface area contributed by atoms with Gasteiger partial charge in [-0.05, 0) is 57.9 Å². The van der Waals surface area contributed by atoms with Crippen molar-refractivity contribution in [3.8, 4) is 6.07 Å². The number of carbonyl (C=O) groups is 1. The average molecular weight is 393 g/mol. The largest absolute Gasteiger partial charge is 0.352 e. The van der Waals surface area contributed by atoms with Crippen LogP contribution in [0.4, 0.5) is 4.39 Å². The molecule has 0 aliphatic carbocycles. The van der Waals surface area contributed by atoms with Gasteiger partial charge in [-0.3, -0.25) is 4.79 Å². The minimum absolute atomic E-state index is 0.0746. The number of nitrogens with zero attached hydrogens (tertiary/aromatic N) is 1. The number of thioether (sulfide) groups is 1. The number of halogens is 2. The SMILES string of the molecule is N#Cc1ccc(SCCC(=O)NCc2ccc(Br)c(F)c2)cc1. The summed E-state index contributed by atoms with van der Waals surface area (Å²) >= 11 is 4.65. The molecule has 3 nitrogen and oxygen atoms in total. The fourth-order valence-electron chi connectivity index (χ4n) is 1.83. The first-order valence-electron chi connectivity index (χ1n) is 6.92. The number of carbonyl (C=O) groups excluding carboxylic acids is 1. The lowest BCUT2D eigenvalue weighted by Gasteiger charge is -2.06. The van der Waals surface area contributed by atoms with E-state index in [1.165, 1.54) is 6.07 Å². The van der Waals surface area contributed by atoms with E-state index < -0.39 is 0 Å². The van der Waals surface area contributed by atoms with E-state index in [0.717, 1.165) is 10.5 Å². The van der Waals surface area contributed by atoms with E-state index >= 15 is 0 Å². The van der Waals surface area contributed by atoms with Crippen LogP contribution in [0, 0.1) is 17.1 Å². The van der Waals surface area contributed by atoms with Gasteiger partial charge in [-0.2, -0.15) is 5.26 Å². The third-order valence-corrected chi connectivity index (χ3v) is 4.71. The van der Waals surface area contributed by atoms with Gasteiger partial charge in [0.15, 0.2) is 0 Å². The Balaban J connectivity index is 1.72. The van der Waals surface area contributed by atoms with Gasteiger partial charge in [0.2, 0.25) is 5.91 Å². The van der Waals surface area contributed by atoms with Gasteiger partial charge in [-0.25, -0.2) is 4.39 Å². The average Bonchev–Trinajstić information content (AvgIpc) is 2.56. The van der Waals surface area contributed by atoms with Gasteiger partial charge in [0, 0.05) is 23.6 Å². The summed E-state index contributed by atoms with van der Waals surface area (Å²) in [5.74, 6) is 0.231. The van der Waals surface area contributed by atoms with Crippen molar-refractivity contribution in [3.05, 3.63) is 63.9 Å². The van der Waals surface area contributed by atoms with E-state index in [2.05, 4.69) is 27.3 Å². The molecule has 0 spiro atoms. The maximum absolute atomic E-state index is 13.4. The standard InChI is InChI=1S/C17H14BrFN2OS/c18-15-6-3-13(9-16(15)19)11-21-17(22)7-8-23-14-4-1-12(10-20)2-5-14/h1-6,9H,7-8,11H2,(H,21,22). The lowest BCUT2D eigenvalue weighted by atomic mass is 10.2. The Morgan fingerprint density at radius 2 is 2.00 bits per heavy atom. The summed E-state index contributed by atoms with van der Waals surface area (Å²) < 4.78 is 13.8. The van der Waals surface area contributed by atoms with Crippen molar-refractivity contribution >= 4 is 33.6 Å². The summed E-state index contributed by atoms with van der Waals surface area (Å²) in [4.78, 5) is 12.8. The molecule has 0 atom stereocenters. The highest BCUT2D eigenvalue weighted by Gasteiger charge is 2.04. The van der Waals surface area contributed by atoms with Crippen LogP contribution in [-0.4, -0.2) is 11.7 Å². The number of nitrogens with one attached hydrogen (secondary N) is 1. The van der Waals surface area contributed by atoms with Crippen LogP contribution in [0.15, 0.2) is 51.8 Å². The van der Waals surface area contributed by atoms with Crippen LogP contribution >= 0.6 is 27.7 Å². The monoisotopic (exact) mass is 392 g/mol. The molecule has 1 N–H and O–H groups in total. The summed E-state index contributed by atoms with van der Waals surface area (Å²) in [6.07, 6.45) is 0.379. The van der Waals surface area contributed by atoms with E-state index in [-0.39, 0.29) is 11.7 Å². The van der Waals surface area contributed by atoms with Crippen molar-refractivity contribution in [2.24, 2.45) is 0 Å². The van der Waals surface area contributed by atoms with Crippen molar-refractivity contribution in [1.82, 2.24) is 5.32 Å². The highest BCUT2D eigenvalue weighted by Crippen LogP contribution is 2.19. The summed E-state index contributed by atoms with van der Waals surface area (Å²) in [5.41, 5.74) is 1.34. The molecule has 118 valence electrons. The van der Waals surface area contributed by atoms with Gasteiger partial charge in [-0.1, -0.05) is 6.07 Å². The van der Waals surface area contributed by atoms with E-state index in [4.69, 9.17) is 5.26 Å². The van der Waals surface area contributed by atoms with Crippen LogP contribution in [0.25, 0.3) is 0 Å². The van der Waals surface area contributed by atoms with Crippen LogP contribution < -0.4 is 5.32 Å². The first-order valence-corrected chi connectivity index (χ1v) is 8.70. The molecule has 0 aromatic heterocycles. The molecule has 0 saturated heterocycles. The molecule has 0 saturated carbocycles. The molecule has 2 rings (SSSR count). The normalized spacial score (nSPS) is 10.1. The predicted molar refractivity (Wildman–Crippen MR) is 92.4 cm³/mol. The van der Waals surface area contributed by atoms with Crippen LogP contribution in [0.2, 0.25) is 0 Å². The van der Waals surface area contributed by atoms with E-state index in [1.807, 2.05) is 12.1 Å². The summed E-state index contributed by atoms with van der Waals surface area (Å²) in [7, 11) is 0. The summed E-state index contributed by atoms with van der Waals surface area (Å²) in [6, 6.07) is 14.1. The lowest BCUT2D eigenvalue weighted by molar-refractivity contribution is -0.120. The fourth-order valence-corrected chi connectivity index (χ4v) is 2.92. The molecule has 6 heteroatoms. The Morgan fingerprint density at radius 3 is 2.65 bits per heavy atom. The van der Waals surface area contributed by atoms with Crippen molar-refractivity contribution in [2.45, 2.75) is 17.9 Å². The maximum atomic E-state index is 13.4. The molecular weight excluding hydrogens is 379 g/mol. The Hall–Kier alpha value is -1.84. The maximum Gasteiger partial charge on any atom is 0.221 e. The molecule has 0 bridgehead atoms. The molecule has 1 amide bonds. The van der Waals surface area contributed by atoms with Gasteiger partial charge < -0.3 is 5.32 Å². The Bertz CT molecular complexity index is 728. The van der Waals surface area contributed by atoms with Gasteiger partial charge in [-0.15, -0.1) is 11.8 Å². The van der Waals surface area contributed by atoms with E-state index in [1.54, 1.807) is 36.0 Å². The highest BCUT2D eigenvalue weighted by atomic mass is 79.9. The molecular formula is C17H14BrFN2OS. The zero-order chi connectivity index (χ0) is 16.7. The van der Waals surface area contributed by atoms with Crippen LogP contribution in [0.5, 0.6) is 0 Å². The second-order valence-corrected chi connectivity index (χ2v) is 6.78. The lowest BCUT2D eigenvalue weighted by Crippen LogP contribution is -2.23. The number of hydrogen-bond donors (Lipinski definition) is 1. The van der Waals surface area contributed by atoms with Gasteiger partial charge in [0.25, 0.3) is 0 Å². The molecule has 0 radical (unpaired) electrons. The van der Waals surface area contributed by atoms with Crippen LogP contribution in [0.1, 0.15) is 17.5 Å². The zero-order valence-corrected chi connectivity index (χ0v) is 14.6. The summed E-state index contributed by atoms with van der Waals surface area (Å²) in [5, 5.41) is 11.5. The quantitative estimate of drug-likeness (QED) is 0.747.